The van der Waals surface area contributed by atoms with Crippen molar-refractivity contribution in [2.45, 2.75) is 38.9 Å². The van der Waals surface area contributed by atoms with Crippen LogP contribution in [0.3, 0.4) is 0 Å². The Balaban J connectivity index is 1.92. The molecule has 0 saturated carbocycles. The van der Waals surface area contributed by atoms with Crippen molar-refractivity contribution in [2.75, 3.05) is 5.32 Å². The molecule has 6 nitrogen and oxygen atoms in total. The first-order valence-corrected chi connectivity index (χ1v) is 5.00. The maximum Gasteiger partial charge on any atom is 0.255 e. The van der Waals surface area contributed by atoms with Crippen LogP contribution < -0.4 is 5.32 Å². The number of hydrogen-bond donors (Lipinski definition) is 2. The van der Waals surface area contributed by atoms with Gasteiger partial charge in [0.1, 0.15) is 11.9 Å². The van der Waals surface area contributed by atoms with Crippen LogP contribution in [0.1, 0.15) is 25.6 Å². The van der Waals surface area contributed by atoms with Crippen LogP contribution in [0.25, 0.3) is 0 Å². The van der Waals surface area contributed by atoms with E-state index in [-0.39, 0.29) is 18.1 Å². The summed E-state index contributed by atoms with van der Waals surface area (Å²) >= 11 is 0. The molecule has 15 heavy (non-hydrogen) atoms. The van der Waals surface area contributed by atoms with E-state index in [0.29, 0.717) is 11.8 Å². The Morgan fingerprint density at radius 1 is 1.60 bits per heavy atom. The topological polar surface area (TPSA) is 79.9 Å². The summed E-state index contributed by atoms with van der Waals surface area (Å²) in [4.78, 5) is 15.6. The third-order valence-corrected chi connectivity index (χ3v) is 2.36. The number of nitrogens with one attached hydrogen (secondary N) is 2. The third kappa shape index (κ3) is 2.33. The molecule has 1 aliphatic heterocycles. The highest BCUT2D eigenvalue weighted by atomic mass is 16.5. The van der Waals surface area contributed by atoms with E-state index in [1.165, 1.54) is 0 Å². The summed E-state index contributed by atoms with van der Waals surface area (Å²) in [5, 5.41) is 9.09. The molecule has 6 heteroatoms. The minimum absolute atomic E-state index is 0.162. The number of aromatic amines is 1. The Morgan fingerprint density at radius 2 is 2.40 bits per heavy atom. The van der Waals surface area contributed by atoms with Crippen LogP contribution in [0, 0.1) is 6.92 Å². The molecule has 2 N–H and O–H groups in total. The summed E-state index contributed by atoms with van der Waals surface area (Å²) in [5.74, 6) is 0.810. The Labute approximate surface area is 87.4 Å². The highest BCUT2D eigenvalue weighted by molar-refractivity contribution is 5.92. The van der Waals surface area contributed by atoms with Crippen molar-refractivity contribution < 1.29 is 9.53 Å². The second kappa shape index (κ2) is 3.98. The fourth-order valence-corrected chi connectivity index (χ4v) is 1.58. The highest BCUT2D eigenvalue weighted by Gasteiger charge is 2.28. The molecule has 2 heterocycles. The number of ether oxygens (including phenoxy) is 1. The van der Waals surface area contributed by atoms with E-state index in [9.17, 15) is 4.79 Å². The largest absolute Gasteiger partial charge is 0.365 e. The van der Waals surface area contributed by atoms with Gasteiger partial charge in [-0.25, -0.2) is 0 Å². The van der Waals surface area contributed by atoms with Gasteiger partial charge in [0.2, 0.25) is 5.95 Å². The van der Waals surface area contributed by atoms with Crippen molar-refractivity contribution in [3.8, 4) is 0 Å². The van der Waals surface area contributed by atoms with Crippen LogP contribution in [0.2, 0.25) is 0 Å². The molecule has 1 aromatic heterocycles. The van der Waals surface area contributed by atoms with Gasteiger partial charge in [0.05, 0.1) is 6.10 Å². The second-order valence-corrected chi connectivity index (χ2v) is 3.75. The lowest BCUT2D eigenvalue weighted by molar-refractivity contribution is -0.126. The predicted octanol–water partition coefficient (Wildman–Crippen LogP) is 0.619. The molecule has 2 rings (SSSR count). The van der Waals surface area contributed by atoms with Gasteiger partial charge < -0.3 is 4.74 Å². The molecule has 1 aromatic rings. The molecular weight excluding hydrogens is 196 g/mol. The number of amides is 1. The van der Waals surface area contributed by atoms with E-state index < -0.39 is 0 Å². The number of anilines is 1. The highest BCUT2D eigenvalue weighted by Crippen LogP contribution is 2.19. The molecule has 1 saturated heterocycles. The molecule has 1 fully saturated rings. The predicted molar refractivity (Wildman–Crippen MR) is 53.3 cm³/mol. The van der Waals surface area contributed by atoms with E-state index in [1.54, 1.807) is 6.92 Å². The maximum atomic E-state index is 11.6. The van der Waals surface area contributed by atoms with Gasteiger partial charge in [0.15, 0.2) is 0 Å². The van der Waals surface area contributed by atoms with Crippen LogP contribution >= 0.6 is 0 Å². The van der Waals surface area contributed by atoms with Crippen LogP contribution in [-0.2, 0) is 9.53 Å². The standard InChI is InChI=1S/C9H14N4O2/c1-5-3-4-7(15-5)8(14)11-9-10-6(2)12-13-9/h5,7H,3-4H2,1-2H3,(H2,10,11,12,13,14). The first-order chi connectivity index (χ1) is 7.15. The molecule has 1 aliphatic rings. The average Bonchev–Trinajstić information content (AvgIpc) is 2.75. The average molecular weight is 210 g/mol. The number of nitrogens with zero attached hydrogens (tertiary/aromatic N) is 2. The second-order valence-electron chi connectivity index (χ2n) is 3.75. The van der Waals surface area contributed by atoms with Crippen LogP contribution in [0.15, 0.2) is 0 Å². The number of rotatable bonds is 2. The molecule has 82 valence electrons. The minimum atomic E-state index is -0.362. The van der Waals surface area contributed by atoms with Crippen molar-refractivity contribution in [3.05, 3.63) is 5.82 Å². The summed E-state index contributed by atoms with van der Waals surface area (Å²) in [7, 11) is 0. The number of aromatic nitrogens is 3. The Morgan fingerprint density at radius 3 is 2.93 bits per heavy atom. The van der Waals surface area contributed by atoms with Crippen molar-refractivity contribution >= 4 is 11.9 Å². The maximum absolute atomic E-state index is 11.6. The Bertz CT molecular complexity index is 363. The monoisotopic (exact) mass is 210 g/mol. The molecular formula is C9H14N4O2. The summed E-state index contributed by atoms with van der Waals surface area (Å²) in [6.07, 6.45) is 1.48. The minimum Gasteiger partial charge on any atom is -0.365 e. The molecule has 2 atom stereocenters. The quantitative estimate of drug-likeness (QED) is 0.749. The van der Waals surface area contributed by atoms with Gasteiger partial charge >= 0.3 is 0 Å². The van der Waals surface area contributed by atoms with Crippen molar-refractivity contribution in [1.82, 2.24) is 15.2 Å². The fourth-order valence-electron chi connectivity index (χ4n) is 1.58. The lowest BCUT2D eigenvalue weighted by Crippen LogP contribution is -2.28. The van der Waals surface area contributed by atoms with Crippen LogP contribution in [0.5, 0.6) is 0 Å². The molecule has 2 unspecified atom stereocenters. The Hall–Kier alpha value is -1.43. The molecule has 0 radical (unpaired) electrons. The van der Waals surface area contributed by atoms with Crippen LogP contribution in [0.4, 0.5) is 5.95 Å². The molecule has 0 bridgehead atoms. The van der Waals surface area contributed by atoms with E-state index >= 15 is 0 Å². The van der Waals surface area contributed by atoms with Gasteiger partial charge in [-0.15, -0.1) is 5.10 Å². The first kappa shape index (κ1) is 10.1. The van der Waals surface area contributed by atoms with Crippen LogP contribution in [-0.4, -0.2) is 33.3 Å². The lowest BCUT2D eigenvalue weighted by Gasteiger charge is -2.09. The third-order valence-electron chi connectivity index (χ3n) is 2.36. The van der Waals surface area contributed by atoms with Gasteiger partial charge in [-0.2, -0.15) is 4.98 Å². The van der Waals surface area contributed by atoms with Crippen molar-refractivity contribution in [3.63, 3.8) is 0 Å². The van der Waals surface area contributed by atoms with Crippen molar-refractivity contribution in [1.29, 1.82) is 0 Å². The Kier molecular flexibility index (Phi) is 2.68. The number of carbonyl (C=O) groups excluding carboxylic acids is 1. The first-order valence-electron chi connectivity index (χ1n) is 5.00. The van der Waals surface area contributed by atoms with Gasteiger partial charge in [0.25, 0.3) is 5.91 Å². The molecule has 0 aromatic carbocycles. The summed E-state index contributed by atoms with van der Waals surface area (Å²) < 4.78 is 5.42. The summed E-state index contributed by atoms with van der Waals surface area (Å²) in [6, 6.07) is 0. The summed E-state index contributed by atoms with van der Waals surface area (Å²) in [5.41, 5.74) is 0. The lowest BCUT2D eigenvalue weighted by atomic mass is 10.2. The zero-order chi connectivity index (χ0) is 10.8. The fraction of sp³-hybridized carbons (Fsp3) is 0.667. The number of carbonyl (C=O) groups is 1. The number of aryl methyl sites for hydroxylation is 1. The molecule has 0 aliphatic carbocycles. The van der Waals surface area contributed by atoms with E-state index in [4.69, 9.17) is 4.74 Å². The zero-order valence-corrected chi connectivity index (χ0v) is 8.78. The molecule has 0 spiro atoms. The van der Waals surface area contributed by atoms with Gasteiger partial charge in [0, 0.05) is 0 Å². The van der Waals surface area contributed by atoms with Gasteiger partial charge in [-0.1, -0.05) is 0 Å². The van der Waals surface area contributed by atoms with Crippen molar-refractivity contribution in [2.24, 2.45) is 0 Å². The SMILES string of the molecule is Cc1nc(NC(=O)C2CCC(C)O2)n[nH]1. The molecule has 1 amide bonds. The number of hydrogen-bond acceptors (Lipinski definition) is 4. The number of H-pyrrole nitrogens is 1. The summed E-state index contributed by atoms with van der Waals surface area (Å²) in [6.45, 7) is 3.74. The van der Waals surface area contributed by atoms with E-state index in [0.717, 1.165) is 12.8 Å². The van der Waals surface area contributed by atoms with E-state index in [1.807, 2.05) is 6.92 Å². The smallest absolute Gasteiger partial charge is 0.255 e. The van der Waals surface area contributed by atoms with E-state index in [2.05, 4.69) is 20.5 Å². The normalized spacial score (nSPS) is 25.5. The van der Waals surface area contributed by atoms with Gasteiger partial charge in [-0.3, -0.25) is 15.2 Å². The zero-order valence-electron chi connectivity index (χ0n) is 8.78. The van der Waals surface area contributed by atoms with Gasteiger partial charge in [-0.05, 0) is 26.7 Å².